The minimum absolute atomic E-state index is 0.453. The van der Waals surface area contributed by atoms with Crippen LogP contribution >= 0.6 is 0 Å². The molecule has 0 N–H and O–H groups in total. The van der Waals surface area contributed by atoms with Crippen LogP contribution in [0, 0.1) is 12.3 Å². The molecular formula is C23H20O3. The van der Waals surface area contributed by atoms with Crippen LogP contribution in [0.5, 0.6) is 17.2 Å². The highest BCUT2D eigenvalue weighted by Gasteiger charge is 2.14. The van der Waals surface area contributed by atoms with Crippen LogP contribution in [-0.4, -0.2) is 14.2 Å². The third-order valence-corrected chi connectivity index (χ3v) is 4.08. The van der Waals surface area contributed by atoms with Crippen molar-refractivity contribution in [3.8, 4) is 40.7 Å². The van der Waals surface area contributed by atoms with Gasteiger partial charge in [0.05, 0.1) is 14.2 Å². The summed E-state index contributed by atoms with van der Waals surface area (Å²) in [6.45, 7) is 0.453. The summed E-state index contributed by atoms with van der Waals surface area (Å²) in [5, 5.41) is 0. The fraction of sp³-hybridized carbons (Fsp3) is 0.130. The summed E-state index contributed by atoms with van der Waals surface area (Å²) in [6, 6.07) is 21.4. The number of terminal acetylenes is 1. The van der Waals surface area contributed by atoms with Crippen molar-refractivity contribution in [2.24, 2.45) is 0 Å². The molecule has 3 heteroatoms. The first kappa shape index (κ1) is 17.4. The lowest BCUT2D eigenvalue weighted by molar-refractivity contribution is 0.307. The van der Waals surface area contributed by atoms with Crippen LogP contribution in [0.1, 0.15) is 11.1 Å². The van der Waals surface area contributed by atoms with E-state index < -0.39 is 0 Å². The number of hydrogen-bond acceptors (Lipinski definition) is 3. The largest absolute Gasteiger partial charge is 0.497 e. The number of ether oxygens (including phenoxy) is 3. The van der Waals surface area contributed by atoms with Crippen molar-refractivity contribution >= 4 is 0 Å². The van der Waals surface area contributed by atoms with Gasteiger partial charge in [0.15, 0.2) is 0 Å². The van der Waals surface area contributed by atoms with E-state index in [2.05, 4.69) is 5.92 Å². The maximum atomic E-state index is 6.10. The minimum Gasteiger partial charge on any atom is -0.497 e. The molecule has 0 aliphatic rings. The number of rotatable bonds is 6. The van der Waals surface area contributed by atoms with Gasteiger partial charge in [-0.05, 0) is 42.0 Å². The van der Waals surface area contributed by atoms with E-state index in [0.29, 0.717) is 12.4 Å². The van der Waals surface area contributed by atoms with Crippen molar-refractivity contribution in [2.45, 2.75) is 6.61 Å². The highest BCUT2D eigenvalue weighted by Crippen LogP contribution is 2.39. The molecule has 0 spiro atoms. The molecular weight excluding hydrogens is 324 g/mol. The molecule has 0 amide bonds. The van der Waals surface area contributed by atoms with Gasteiger partial charge in [-0.3, -0.25) is 0 Å². The SMILES string of the molecule is C#Cc1ccc(-c2cc(OC)ccc2OC)c(OCc2ccccc2)c1. The Morgan fingerprint density at radius 2 is 1.62 bits per heavy atom. The number of hydrogen-bond donors (Lipinski definition) is 0. The van der Waals surface area contributed by atoms with Gasteiger partial charge in [0.25, 0.3) is 0 Å². The normalized spacial score (nSPS) is 10.0. The molecule has 3 nitrogen and oxygen atoms in total. The Morgan fingerprint density at radius 3 is 2.31 bits per heavy atom. The first-order valence-corrected chi connectivity index (χ1v) is 8.25. The highest BCUT2D eigenvalue weighted by atomic mass is 16.5. The lowest BCUT2D eigenvalue weighted by Gasteiger charge is -2.16. The predicted octanol–water partition coefficient (Wildman–Crippen LogP) is 4.93. The maximum absolute atomic E-state index is 6.10. The Morgan fingerprint density at radius 1 is 0.808 bits per heavy atom. The Hall–Kier alpha value is -3.38. The summed E-state index contributed by atoms with van der Waals surface area (Å²) in [6.07, 6.45) is 5.57. The van der Waals surface area contributed by atoms with E-state index in [-0.39, 0.29) is 0 Å². The van der Waals surface area contributed by atoms with E-state index in [1.165, 1.54) is 0 Å². The molecule has 0 heterocycles. The van der Waals surface area contributed by atoms with Crippen LogP contribution in [0.4, 0.5) is 0 Å². The molecule has 3 aromatic carbocycles. The fourth-order valence-corrected chi connectivity index (χ4v) is 2.71. The van der Waals surface area contributed by atoms with E-state index >= 15 is 0 Å². The van der Waals surface area contributed by atoms with Gasteiger partial charge in [-0.25, -0.2) is 0 Å². The molecule has 3 rings (SSSR count). The van der Waals surface area contributed by atoms with Gasteiger partial charge in [0.1, 0.15) is 23.9 Å². The van der Waals surface area contributed by atoms with Crippen molar-refractivity contribution in [2.75, 3.05) is 14.2 Å². The number of benzene rings is 3. The molecule has 0 aromatic heterocycles. The molecule has 0 aliphatic carbocycles. The maximum Gasteiger partial charge on any atom is 0.129 e. The summed E-state index contributed by atoms with van der Waals surface area (Å²) in [7, 11) is 3.28. The molecule has 0 radical (unpaired) electrons. The first-order chi connectivity index (χ1) is 12.7. The van der Waals surface area contributed by atoms with Crippen LogP contribution in [0.25, 0.3) is 11.1 Å². The van der Waals surface area contributed by atoms with Gasteiger partial charge in [0.2, 0.25) is 0 Å². The van der Waals surface area contributed by atoms with E-state index in [9.17, 15) is 0 Å². The van der Waals surface area contributed by atoms with Crippen molar-refractivity contribution in [3.05, 3.63) is 77.9 Å². The topological polar surface area (TPSA) is 27.7 Å². The van der Waals surface area contributed by atoms with E-state index in [1.807, 2.05) is 66.7 Å². The molecule has 0 unspecified atom stereocenters. The van der Waals surface area contributed by atoms with Gasteiger partial charge in [-0.15, -0.1) is 6.42 Å². The van der Waals surface area contributed by atoms with E-state index in [0.717, 1.165) is 33.8 Å². The first-order valence-electron chi connectivity index (χ1n) is 8.25. The van der Waals surface area contributed by atoms with Crippen LogP contribution in [0.3, 0.4) is 0 Å². The monoisotopic (exact) mass is 344 g/mol. The second kappa shape index (κ2) is 8.13. The van der Waals surface area contributed by atoms with Crippen LogP contribution in [-0.2, 0) is 6.61 Å². The molecule has 0 saturated carbocycles. The second-order valence-corrected chi connectivity index (χ2v) is 5.70. The van der Waals surface area contributed by atoms with Gasteiger partial charge in [-0.2, -0.15) is 0 Å². The third-order valence-electron chi connectivity index (χ3n) is 4.08. The zero-order chi connectivity index (χ0) is 18.4. The van der Waals surface area contributed by atoms with E-state index in [1.54, 1.807) is 14.2 Å². The summed E-state index contributed by atoms with van der Waals surface area (Å²) in [4.78, 5) is 0. The summed E-state index contributed by atoms with van der Waals surface area (Å²) < 4.78 is 17.0. The molecule has 26 heavy (non-hydrogen) atoms. The molecule has 0 fully saturated rings. The highest BCUT2D eigenvalue weighted by molar-refractivity contribution is 5.78. The molecule has 0 saturated heterocycles. The second-order valence-electron chi connectivity index (χ2n) is 5.70. The zero-order valence-electron chi connectivity index (χ0n) is 14.9. The predicted molar refractivity (Wildman–Crippen MR) is 104 cm³/mol. The Balaban J connectivity index is 2.03. The van der Waals surface area contributed by atoms with Gasteiger partial charge < -0.3 is 14.2 Å². The lowest BCUT2D eigenvalue weighted by atomic mass is 10.0. The van der Waals surface area contributed by atoms with Gasteiger partial charge in [0, 0.05) is 16.7 Å². The Bertz CT molecular complexity index is 924. The van der Waals surface area contributed by atoms with Crippen LogP contribution in [0.15, 0.2) is 66.7 Å². The van der Waals surface area contributed by atoms with Crippen molar-refractivity contribution in [3.63, 3.8) is 0 Å². The molecule has 3 aromatic rings. The summed E-state index contributed by atoms with van der Waals surface area (Å²) in [5.41, 5.74) is 3.63. The standard InChI is InChI=1S/C23H20O3/c1-4-17-10-12-20(21-15-19(24-2)11-13-22(21)25-3)23(14-17)26-16-18-8-6-5-7-9-18/h1,5-15H,16H2,2-3H3. The average Bonchev–Trinajstić information content (AvgIpc) is 2.72. The average molecular weight is 344 g/mol. The Labute approximate surface area is 154 Å². The van der Waals surface area contributed by atoms with E-state index in [4.69, 9.17) is 20.6 Å². The van der Waals surface area contributed by atoms with Crippen molar-refractivity contribution < 1.29 is 14.2 Å². The summed E-state index contributed by atoms with van der Waals surface area (Å²) in [5.74, 6) is 4.85. The quantitative estimate of drug-likeness (QED) is 0.593. The van der Waals surface area contributed by atoms with Gasteiger partial charge >= 0.3 is 0 Å². The van der Waals surface area contributed by atoms with Crippen molar-refractivity contribution in [1.82, 2.24) is 0 Å². The lowest BCUT2D eigenvalue weighted by Crippen LogP contribution is -1.98. The molecule has 130 valence electrons. The fourth-order valence-electron chi connectivity index (χ4n) is 2.71. The summed E-state index contributed by atoms with van der Waals surface area (Å²) >= 11 is 0. The smallest absolute Gasteiger partial charge is 0.129 e. The number of methoxy groups -OCH3 is 2. The van der Waals surface area contributed by atoms with Crippen molar-refractivity contribution in [1.29, 1.82) is 0 Å². The minimum atomic E-state index is 0.453. The zero-order valence-corrected chi connectivity index (χ0v) is 14.9. The van der Waals surface area contributed by atoms with Crippen LogP contribution < -0.4 is 14.2 Å². The third kappa shape index (κ3) is 3.81. The molecule has 0 bridgehead atoms. The van der Waals surface area contributed by atoms with Gasteiger partial charge in [-0.1, -0.05) is 36.3 Å². The molecule has 0 aliphatic heterocycles. The molecule has 0 atom stereocenters. The van der Waals surface area contributed by atoms with Crippen LogP contribution in [0.2, 0.25) is 0 Å². The Kier molecular flexibility index (Phi) is 5.46.